The van der Waals surface area contributed by atoms with Gasteiger partial charge in [0, 0.05) is 11.5 Å². The highest BCUT2D eigenvalue weighted by Crippen LogP contribution is 2.15. The molecule has 0 spiro atoms. The van der Waals surface area contributed by atoms with Crippen LogP contribution in [0.15, 0.2) is 0 Å². The first-order chi connectivity index (χ1) is 50.5. The van der Waals surface area contributed by atoms with E-state index in [0.29, 0.717) is 77.3 Å². The maximum Gasteiger partial charge on any atom is 0.245 e. The molecule has 0 aromatic rings. The molecule has 38 heteroatoms. The molecule has 0 aromatic heterocycles. The minimum absolute atomic E-state index is 0.0105. The van der Waals surface area contributed by atoms with Crippen LogP contribution >= 0.6 is 25.3 Å². The van der Waals surface area contributed by atoms with Crippen molar-refractivity contribution in [2.24, 2.45) is 63.8 Å². The van der Waals surface area contributed by atoms with E-state index in [4.69, 9.17) is 40.1 Å². The quantitative estimate of drug-likeness (QED) is 0.0200. The highest BCUT2D eigenvalue weighted by molar-refractivity contribution is 7.80. The molecule has 616 valence electrons. The molecule has 36 nitrogen and oxygen atoms in total. The summed E-state index contributed by atoms with van der Waals surface area (Å²) in [5, 5.41) is 54.5. The van der Waals surface area contributed by atoms with E-state index >= 15 is 0 Å². The highest BCUT2D eigenvalue weighted by Gasteiger charge is 2.38. The number of rotatable bonds is 59. The summed E-state index contributed by atoms with van der Waals surface area (Å²) in [6.07, 6.45) is 3.45. The standard InChI is InChI=1S/C69H132N20O16S2/c1-38(2)30-43(75)58(94)79-44(20-10-15-25-70)61(97)85-50(32-40(5)6)66(102)81-47(23-13-18-28-73)64(100)88-54(37-107)68(104)89-56(42(9)91)69(105)83-48(24-14-19-29-74)63(99)87-52(35-90)59(95)77-34-55(92)78-53(36-106)67(103)82-46(22-12-17-27-72)62(98)86-51(33-41(7)8)65(101)80-45(21-11-16-26-71)60(96)84-49(57(76)93)31-39(3)4/h38-54,56,90-91,106-107H,10-37,70-75H2,1-9H3,(H2,76,93)(H,77,95)(H,78,92)(H,79,94)(H,80,101)(H,81,102)(H,82,103)(H,83,105)(H,84,96)(H,85,97)(H,86,98)(H,87,99)(H,88,100)(H,89,104)/t42-,43+,44+,45+,46+,47+,48+,49+,50+,51+,52+,53+,54+,56+/m1/s1. The molecule has 0 aliphatic rings. The Balaban J connectivity index is 6.50. The summed E-state index contributed by atoms with van der Waals surface area (Å²) in [5.41, 5.74) is 40.4. The van der Waals surface area contributed by atoms with Crippen molar-refractivity contribution in [3.63, 3.8) is 0 Å². The van der Waals surface area contributed by atoms with Gasteiger partial charge in [-0.15, -0.1) is 0 Å². The van der Waals surface area contributed by atoms with Crippen molar-refractivity contribution < 1.29 is 77.3 Å². The fourth-order valence-corrected chi connectivity index (χ4v) is 11.6. The van der Waals surface area contributed by atoms with Crippen LogP contribution in [0.4, 0.5) is 0 Å². The van der Waals surface area contributed by atoms with Gasteiger partial charge in [-0.3, -0.25) is 67.1 Å². The number of aliphatic hydroxyl groups excluding tert-OH is 2. The maximum atomic E-state index is 14.2. The van der Waals surface area contributed by atoms with Gasteiger partial charge in [0.05, 0.1) is 25.3 Å². The average molecular weight is 1560 g/mol. The molecule has 0 aliphatic heterocycles. The molecule has 0 saturated carbocycles. The number of hydrogen-bond acceptors (Lipinski definition) is 24. The van der Waals surface area contributed by atoms with E-state index in [2.05, 4.69) is 94.4 Å². The van der Waals surface area contributed by atoms with E-state index in [1.165, 1.54) is 0 Å². The average Bonchev–Trinajstić information content (AvgIpc) is 0.866. The Bertz CT molecular complexity index is 2760. The van der Waals surface area contributed by atoms with Crippen LogP contribution in [-0.2, 0) is 67.1 Å². The number of amides is 14. The number of carbonyl (C=O) groups excluding carboxylic acids is 14. The van der Waals surface area contributed by atoms with Gasteiger partial charge < -0.3 is 119 Å². The van der Waals surface area contributed by atoms with Crippen molar-refractivity contribution in [2.75, 3.05) is 57.4 Å². The van der Waals surface area contributed by atoms with Crippen LogP contribution < -0.4 is 109 Å². The molecule has 0 aliphatic carbocycles. The van der Waals surface area contributed by atoms with Gasteiger partial charge in [-0.05, 0) is 185 Å². The lowest BCUT2D eigenvalue weighted by molar-refractivity contribution is -0.137. The summed E-state index contributed by atoms with van der Waals surface area (Å²) >= 11 is 8.51. The zero-order chi connectivity index (χ0) is 81.5. The molecule has 0 aromatic carbocycles. The lowest BCUT2D eigenvalue weighted by Crippen LogP contribution is -2.62. The summed E-state index contributed by atoms with van der Waals surface area (Å²) < 4.78 is 0. The normalized spacial score (nSPS) is 15.4. The molecule has 29 N–H and O–H groups in total. The van der Waals surface area contributed by atoms with Gasteiger partial charge in [0.1, 0.15) is 72.5 Å². The van der Waals surface area contributed by atoms with Crippen LogP contribution in [-0.4, -0.2) is 235 Å². The van der Waals surface area contributed by atoms with Gasteiger partial charge >= 0.3 is 0 Å². The van der Waals surface area contributed by atoms with Crippen molar-refractivity contribution in [1.82, 2.24) is 69.1 Å². The van der Waals surface area contributed by atoms with Crippen LogP contribution in [0.1, 0.15) is 184 Å². The number of thiol groups is 2. The van der Waals surface area contributed by atoms with Gasteiger partial charge in [0.2, 0.25) is 82.7 Å². The Hall–Kier alpha value is -7.04. The molecule has 14 amide bonds. The van der Waals surface area contributed by atoms with Crippen molar-refractivity contribution in [3.8, 4) is 0 Å². The Labute approximate surface area is 641 Å². The van der Waals surface area contributed by atoms with Crippen molar-refractivity contribution in [2.45, 2.75) is 269 Å². The third kappa shape index (κ3) is 41.9. The topological polar surface area (TPSA) is 618 Å². The van der Waals surface area contributed by atoms with E-state index < -0.39 is 181 Å². The Morgan fingerprint density at radius 3 is 0.888 bits per heavy atom. The van der Waals surface area contributed by atoms with Crippen molar-refractivity contribution >= 4 is 108 Å². The van der Waals surface area contributed by atoms with E-state index in [0.717, 1.165) is 6.92 Å². The maximum absolute atomic E-state index is 14.2. The molecule has 0 saturated heterocycles. The van der Waals surface area contributed by atoms with Crippen LogP contribution in [0.2, 0.25) is 0 Å². The van der Waals surface area contributed by atoms with E-state index in [-0.39, 0.29) is 113 Å². The highest BCUT2D eigenvalue weighted by atomic mass is 32.1. The number of nitrogens with one attached hydrogen (secondary N) is 13. The molecule has 0 rings (SSSR count). The smallest absolute Gasteiger partial charge is 0.245 e. The zero-order valence-corrected chi connectivity index (χ0v) is 66.0. The SMILES string of the molecule is CC(C)C[C@H](NC(=O)[C@H](CCCCN)NC(=O)[C@H](CC(C)C)NC(=O)[C@H](CCCCN)NC(=O)[C@H](CS)NC(=O)CNC(=O)[C@H](CO)NC(=O)[C@H](CCCCN)NC(=O)[C@@H](NC(=O)[C@H](CS)NC(=O)[C@H](CCCCN)NC(=O)[C@H](CC(C)C)NC(=O)[C@H](CCCCN)NC(=O)[C@@H](N)CC(C)C)[C@@H](C)O)C(N)=O. The minimum Gasteiger partial charge on any atom is -0.394 e. The Morgan fingerprint density at radius 1 is 0.318 bits per heavy atom. The fourth-order valence-electron chi connectivity index (χ4n) is 11.0. The van der Waals surface area contributed by atoms with E-state index in [1.54, 1.807) is 13.8 Å². The van der Waals surface area contributed by atoms with Crippen LogP contribution in [0, 0.1) is 23.7 Å². The van der Waals surface area contributed by atoms with Gasteiger partial charge in [-0.1, -0.05) is 55.4 Å². The second-order valence-corrected chi connectivity index (χ2v) is 29.4. The number of carbonyl (C=O) groups is 14. The van der Waals surface area contributed by atoms with Gasteiger partial charge in [-0.25, -0.2) is 0 Å². The molecule has 107 heavy (non-hydrogen) atoms. The first-order valence-corrected chi connectivity index (χ1v) is 38.7. The number of hydrogen-bond donors (Lipinski definition) is 24. The Morgan fingerprint density at radius 2 is 0.579 bits per heavy atom. The lowest BCUT2D eigenvalue weighted by Gasteiger charge is -2.28. The van der Waals surface area contributed by atoms with Gasteiger partial charge in [-0.2, -0.15) is 25.3 Å². The molecule has 0 fully saturated rings. The van der Waals surface area contributed by atoms with Crippen molar-refractivity contribution in [1.29, 1.82) is 0 Å². The molecule has 0 bridgehead atoms. The van der Waals surface area contributed by atoms with E-state index in [9.17, 15) is 77.3 Å². The monoisotopic (exact) mass is 1560 g/mol. The largest absolute Gasteiger partial charge is 0.394 e. The number of aliphatic hydroxyl groups is 2. The molecule has 0 heterocycles. The van der Waals surface area contributed by atoms with Crippen LogP contribution in [0.3, 0.4) is 0 Å². The van der Waals surface area contributed by atoms with Crippen molar-refractivity contribution in [3.05, 3.63) is 0 Å². The summed E-state index contributed by atoms with van der Waals surface area (Å²) in [7, 11) is 0. The summed E-state index contributed by atoms with van der Waals surface area (Å²) in [4.78, 5) is 192. The lowest BCUT2D eigenvalue weighted by atomic mass is 10.00. The third-order valence-corrected chi connectivity index (χ3v) is 17.7. The van der Waals surface area contributed by atoms with E-state index in [1.807, 2.05) is 41.5 Å². The fraction of sp³-hybridized carbons (Fsp3) is 0.797. The third-order valence-electron chi connectivity index (χ3n) is 17.0. The summed E-state index contributed by atoms with van der Waals surface area (Å²) in [6, 6.07) is -17.2. The summed E-state index contributed by atoms with van der Waals surface area (Å²) in [6.45, 7) is 15.3. The molecule has 0 radical (unpaired) electrons. The molecular formula is C69H132N20O16S2. The molecular weight excluding hydrogens is 1430 g/mol. The first kappa shape index (κ1) is 100.0. The van der Waals surface area contributed by atoms with Crippen LogP contribution in [0.5, 0.6) is 0 Å². The first-order valence-electron chi connectivity index (χ1n) is 37.5. The zero-order valence-electron chi connectivity index (χ0n) is 64.2. The minimum atomic E-state index is -1.81. The van der Waals surface area contributed by atoms with Gasteiger partial charge in [0.25, 0.3) is 0 Å². The predicted molar refractivity (Wildman–Crippen MR) is 412 cm³/mol. The molecule has 14 atom stereocenters. The number of primary amides is 1. The number of nitrogens with two attached hydrogens (primary N) is 7. The second-order valence-electron chi connectivity index (χ2n) is 28.7. The Kier molecular flexibility index (Phi) is 52.5. The number of unbranched alkanes of at least 4 members (excludes halogenated alkanes) is 5. The predicted octanol–water partition coefficient (Wildman–Crippen LogP) is -5.21. The van der Waals surface area contributed by atoms with Gasteiger partial charge in [0.15, 0.2) is 0 Å². The summed E-state index contributed by atoms with van der Waals surface area (Å²) in [5.74, 6) is -12.8. The molecule has 0 unspecified atom stereocenters. The van der Waals surface area contributed by atoms with Crippen LogP contribution in [0.25, 0.3) is 0 Å². The second kappa shape index (κ2) is 56.2.